The lowest BCUT2D eigenvalue weighted by Crippen LogP contribution is -2.32. The van der Waals surface area contributed by atoms with Crippen molar-refractivity contribution >= 4 is 5.91 Å². The summed E-state index contributed by atoms with van der Waals surface area (Å²) in [5.74, 6) is 1.15. The molecule has 2 aliphatic rings. The summed E-state index contributed by atoms with van der Waals surface area (Å²) in [6.07, 6.45) is 2.92. The summed E-state index contributed by atoms with van der Waals surface area (Å²) < 4.78 is 7.45. The molecule has 108 valence electrons. The van der Waals surface area contributed by atoms with E-state index in [1.54, 1.807) is 11.6 Å². The number of amides is 1. The Morgan fingerprint density at radius 2 is 2.05 bits per heavy atom. The number of hydrogen-bond donors (Lipinski definition) is 0. The molecule has 1 aliphatic heterocycles. The van der Waals surface area contributed by atoms with E-state index in [2.05, 4.69) is 0 Å². The van der Waals surface area contributed by atoms with Gasteiger partial charge >= 0.3 is 0 Å². The smallest absolute Gasteiger partial charge is 0.254 e. The molecule has 1 aromatic rings. The van der Waals surface area contributed by atoms with E-state index in [0.29, 0.717) is 12.3 Å². The molecule has 0 N–H and O–H groups in total. The number of carbonyl (C=O) groups is 1. The minimum absolute atomic E-state index is 0.00389. The minimum atomic E-state index is -0.0658. The van der Waals surface area contributed by atoms with Crippen molar-refractivity contribution in [3.05, 3.63) is 28.2 Å². The van der Waals surface area contributed by atoms with Gasteiger partial charge in [-0.2, -0.15) is 0 Å². The average molecular weight is 276 g/mol. The lowest BCUT2D eigenvalue weighted by Gasteiger charge is -2.17. The van der Waals surface area contributed by atoms with Gasteiger partial charge in [0.25, 0.3) is 5.56 Å². The van der Waals surface area contributed by atoms with Gasteiger partial charge in [-0.15, -0.1) is 0 Å². The second-order valence-electron chi connectivity index (χ2n) is 5.82. The van der Waals surface area contributed by atoms with Gasteiger partial charge in [-0.1, -0.05) is 0 Å². The van der Waals surface area contributed by atoms with E-state index in [9.17, 15) is 9.59 Å². The Bertz CT molecular complexity index is 589. The van der Waals surface area contributed by atoms with E-state index < -0.39 is 0 Å². The zero-order chi connectivity index (χ0) is 14.3. The van der Waals surface area contributed by atoms with Gasteiger partial charge < -0.3 is 14.2 Å². The largest absolute Gasteiger partial charge is 0.488 e. The van der Waals surface area contributed by atoms with Crippen molar-refractivity contribution in [2.24, 2.45) is 13.0 Å². The molecule has 1 amide bonds. The molecule has 0 aromatic carbocycles. The molecular weight excluding hydrogens is 256 g/mol. The molecule has 20 heavy (non-hydrogen) atoms. The first-order valence-corrected chi connectivity index (χ1v) is 7.17. The highest BCUT2D eigenvalue weighted by atomic mass is 16.5. The summed E-state index contributed by atoms with van der Waals surface area (Å²) in [5, 5.41) is 0. The van der Waals surface area contributed by atoms with Gasteiger partial charge in [0.1, 0.15) is 11.9 Å². The Hall–Kier alpha value is -1.78. The highest BCUT2D eigenvalue weighted by Gasteiger charge is 2.37. The van der Waals surface area contributed by atoms with Crippen molar-refractivity contribution in [2.45, 2.75) is 32.3 Å². The van der Waals surface area contributed by atoms with Gasteiger partial charge in [0.15, 0.2) is 0 Å². The van der Waals surface area contributed by atoms with Crippen molar-refractivity contribution in [2.75, 3.05) is 13.1 Å². The SMILES string of the molecule is Cc1cc(OC2CCN(C(=O)C3CC3)C2)cc(=O)n1C. The second-order valence-corrected chi connectivity index (χ2v) is 5.82. The average Bonchev–Trinajstić information content (AvgIpc) is 3.16. The molecule has 3 rings (SSSR count). The van der Waals surface area contributed by atoms with Gasteiger partial charge in [0.05, 0.1) is 6.54 Å². The molecule has 1 saturated carbocycles. The number of rotatable bonds is 3. The van der Waals surface area contributed by atoms with Crippen LogP contribution in [0.2, 0.25) is 0 Å². The van der Waals surface area contributed by atoms with Crippen LogP contribution < -0.4 is 10.3 Å². The third-order valence-corrected chi connectivity index (χ3v) is 4.16. The maximum absolute atomic E-state index is 12.0. The fourth-order valence-electron chi connectivity index (χ4n) is 2.61. The van der Waals surface area contributed by atoms with E-state index in [1.807, 2.05) is 17.9 Å². The standard InChI is InChI=1S/C15H20N2O3/c1-10-7-13(8-14(18)16(10)2)20-12-5-6-17(9-12)15(19)11-3-4-11/h7-8,11-12H,3-6,9H2,1-2H3. The van der Waals surface area contributed by atoms with Crippen LogP contribution in [0.1, 0.15) is 25.0 Å². The summed E-state index contributed by atoms with van der Waals surface area (Å²) in [6, 6.07) is 3.38. The van der Waals surface area contributed by atoms with Crippen LogP contribution in [0.5, 0.6) is 5.75 Å². The highest BCUT2D eigenvalue weighted by Crippen LogP contribution is 2.32. The van der Waals surface area contributed by atoms with Gasteiger partial charge in [0, 0.05) is 37.7 Å². The van der Waals surface area contributed by atoms with Crippen molar-refractivity contribution < 1.29 is 9.53 Å². The van der Waals surface area contributed by atoms with Crippen molar-refractivity contribution in [3.63, 3.8) is 0 Å². The number of aryl methyl sites for hydroxylation is 1. The molecule has 1 atom stereocenters. The third kappa shape index (κ3) is 2.57. The molecule has 5 heteroatoms. The molecule has 5 nitrogen and oxygen atoms in total. The number of hydrogen-bond acceptors (Lipinski definition) is 3. The fraction of sp³-hybridized carbons (Fsp3) is 0.600. The Kier molecular flexibility index (Phi) is 3.28. The first-order chi connectivity index (χ1) is 9.54. The van der Waals surface area contributed by atoms with Crippen LogP contribution in [0.4, 0.5) is 0 Å². The zero-order valence-corrected chi connectivity index (χ0v) is 12.0. The van der Waals surface area contributed by atoms with Gasteiger partial charge in [-0.25, -0.2) is 0 Å². The molecule has 1 aliphatic carbocycles. The molecule has 0 spiro atoms. The maximum atomic E-state index is 12.0. The van der Waals surface area contributed by atoms with Crippen LogP contribution in [0.3, 0.4) is 0 Å². The van der Waals surface area contributed by atoms with E-state index >= 15 is 0 Å². The van der Waals surface area contributed by atoms with Crippen LogP contribution in [0.25, 0.3) is 0 Å². The zero-order valence-electron chi connectivity index (χ0n) is 12.0. The van der Waals surface area contributed by atoms with Gasteiger partial charge in [0.2, 0.25) is 5.91 Å². The third-order valence-electron chi connectivity index (χ3n) is 4.16. The second kappa shape index (κ2) is 4.96. The molecule has 2 heterocycles. The monoisotopic (exact) mass is 276 g/mol. The van der Waals surface area contributed by atoms with E-state index in [1.165, 1.54) is 6.07 Å². The first kappa shape index (κ1) is 13.2. The van der Waals surface area contributed by atoms with Crippen molar-refractivity contribution in [3.8, 4) is 5.75 Å². The topological polar surface area (TPSA) is 51.5 Å². The van der Waals surface area contributed by atoms with Crippen LogP contribution >= 0.6 is 0 Å². The molecule has 0 radical (unpaired) electrons. The summed E-state index contributed by atoms with van der Waals surface area (Å²) in [5.41, 5.74) is 0.806. The van der Waals surface area contributed by atoms with Crippen LogP contribution in [0, 0.1) is 12.8 Å². The first-order valence-electron chi connectivity index (χ1n) is 7.17. The maximum Gasteiger partial charge on any atom is 0.254 e. The molecular formula is C15H20N2O3. The van der Waals surface area contributed by atoms with Crippen molar-refractivity contribution in [1.82, 2.24) is 9.47 Å². The Morgan fingerprint density at radius 1 is 1.30 bits per heavy atom. The highest BCUT2D eigenvalue weighted by molar-refractivity contribution is 5.81. The quantitative estimate of drug-likeness (QED) is 0.830. The Morgan fingerprint density at radius 3 is 2.70 bits per heavy atom. The number of carbonyl (C=O) groups excluding carboxylic acids is 1. The number of pyridine rings is 1. The number of likely N-dealkylation sites (tertiary alicyclic amines) is 1. The Labute approximate surface area is 118 Å². The lowest BCUT2D eigenvalue weighted by molar-refractivity contribution is -0.131. The lowest BCUT2D eigenvalue weighted by atomic mass is 10.3. The van der Waals surface area contributed by atoms with E-state index in [0.717, 1.165) is 31.5 Å². The molecule has 0 bridgehead atoms. The predicted molar refractivity (Wildman–Crippen MR) is 74.8 cm³/mol. The Balaban J connectivity index is 1.64. The summed E-state index contributed by atoms with van der Waals surface area (Å²) >= 11 is 0. The fourth-order valence-corrected chi connectivity index (χ4v) is 2.61. The van der Waals surface area contributed by atoms with Crippen LogP contribution in [-0.4, -0.2) is 34.6 Å². The molecule has 1 saturated heterocycles. The number of ether oxygens (including phenoxy) is 1. The summed E-state index contributed by atoms with van der Waals surface area (Å²) in [7, 11) is 1.74. The normalized spacial score (nSPS) is 22.1. The van der Waals surface area contributed by atoms with Crippen molar-refractivity contribution in [1.29, 1.82) is 0 Å². The minimum Gasteiger partial charge on any atom is -0.488 e. The van der Waals surface area contributed by atoms with Gasteiger partial charge in [-0.05, 0) is 25.8 Å². The summed E-state index contributed by atoms with van der Waals surface area (Å²) in [4.78, 5) is 25.6. The molecule has 1 aromatic heterocycles. The van der Waals surface area contributed by atoms with E-state index in [-0.39, 0.29) is 23.5 Å². The number of nitrogens with zero attached hydrogens (tertiary/aromatic N) is 2. The summed E-state index contributed by atoms with van der Waals surface area (Å²) in [6.45, 7) is 3.29. The number of aromatic nitrogens is 1. The van der Waals surface area contributed by atoms with E-state index in [4.69, 9.17) is 4.74 Å². The van der Waals surface area contributed by atoms with Gasteiger partial charge in [-0.3, -0.25) is 9.59 Å². The molecule has 2 fully saturated rings. The van der Waals surface area contributed by atoms with Crippen LogP contribution in [0.15, 0.2) is 16.9 Å². The molecule has 1 unspecified atom stereocenters. The predicted octanol–water partition coefficient (Wildman–Crippen LogP) is 1.08. The van der Waals surface area contributed by atoms with Crippen LogP contribution in [-0.2, 0) is 11.8 Å².